The van der Waals surface area contributed by atoms with Crippen molar-refractivity contribution in [1.82, 2.24) is 5.32 Å². The lowest BCUT2D eigenvalue weighted by molar-refractivity contribution is -0.118. The van der Waals surface area contributed by atoms with Crippen molar-refractivity contribution in [3.63, 3.8) is 0 Å². The zero-order valence-corrected chi connectivity index (χ0v) is 12.4. The van der Waals surface area contributed by atoms with Crippen LogP contribution >= 0.6 is 0 Å². The van der Waals surface area contributed by atoms with Gasteiger partial charge >= 0.3 is 6.16 Å². The molecule has 0 atom stereocenters. The molecule has 0 aliphatic heterocycles. The topological polar surface area (TPSA) is 111 Å². The average Bonchev–Trinajstić information content (AvgIpc) is 2.56. The minimum atomic E-state index is -0.798. The second-order valence-electron chi connectivity index (χ2n) is 4.44. The molecule has 0 spiro atoms. The third-order valence-electron chi connectivity index (χ3n) is 2.63. The van der Waals surface area contributed by atoms with Crippen molar-refractivity contribution in [2.24, 2.45) is 0 Å². The van der Waals surface area contributed by atoms with Gasteiger partial charge in [0, 0.05) is 12.1 Å². The fraction of sp³-hybridized carbons (Fsp3) is 0.333. The number of rotatable bonds is 10. The van der Waals surface area contributed by atoms with Crippen molar-refractivity contribution in [2.75, 3.05) is 18.5 Å². The van der Waals surface area contributed by atoms with Crippen LogP contribution in [0.2, 0.25) is 0 Å². The number of aldehydes is 1. The largest absolute Gasteiger partial charge is 0.508 e. The predicted octanol–water partition coefficient (Wildman–Crippen LogP) is 1.00. The molecule has 0 aromatic heterocycles. The summed E-state index contributed by atoms with van der Waals surface area (Å²) in [5.74, 6) is -0.347. The summed E-state index contributed by atoms with van der Waals surface area (Å²) >= 11 is 0. The Morgan fingerprint density at radius 1 is 1.09 bits per heavy atom. The van der Waals surface area contributed by atoms with Gasteiger partial charge in [-0.1, -0.05) is 12.1 Å². The normalized spacial score (nSPS) is 9.57. The maximum atomic E-state index is 11.4. The first kappa shape index (κ1) is 18.1. The molecule has 0 saturated heterocycles. The standard InChI is InChI=1S/C15H18N2O6/c18-7-1-2-8-22-15(21)23-10-12-3-5-13(6-4-12)17-14(20)9-16-11-19/h3-7,11H,1-2,8-10H2,(H,16,19)(H,17,20). The number of unbranched alkanes of at least 4 members (excludes halogenated alkanes) is 1. The van der Waals surface area contributed by atoms with E-state index in [2.05, 4.69) is 10.6 Å². The molecule has 0 unspecified atom stereocenters. The average molecular weight is 322 g/mol. The molecule has 1 aromatic carbocycles. The molecule has 2 amide bonds. The lowest BCUT2D eigenvalue weighted by atomic mass is 10.2. The van der Waals surface area contributed by atoms with E-state index in [0.717, 1.165) is 11.8 Å². The van der Waals surface area contributed by atoms with Crippen LogP contribution in [-0.2, 0) is 30.5 Å². The Morgan fingerprint density at radius 2 is 1.83 bits per heavy atom. The molecular formula is C15H18N2O6. The first-order valence-corrected chi connectivity index (χ1v) is 6.94. The molecule has 0 radical (unpaired) electrons. The van der Waals surface area contributed by atoms with Crippen molar-refractivity contribution >= 4 is 30.4 Å². The fourth-order valence-electron chi connectivity index (χ4n) is 1.53. The summed E-state index contributed by atoms with van der Waals surface area (Å²) in [4.78, 5) is 42.8. The van der Waals surface area contributed by atoms with Gasteiger partial charge in [-0.3, -0.25) is 9.59 Å². The van der Waals surface area contributed by atoms with E-state index in [-0.39, 0.29) is 25.7 Å². The molecule has 0 fully saturated rings. The summed E-state index contributed by atoms with van der Waals surface area (Å²) < 4.78 is 9.66. The van der Waals surface area contributed by atoms with Crippen molar-refractivity contribution < 1.29 is 28.7 Å². The second-order valence-corrected chi connectivity index (χ2v) is 4.44. The van der Waals surface area contributed by atoms with Gasteiger partial charge in [0.25, 0.3) is 0 Å². The minimum absolute atomic E-state index is 0.0352. The summed E-state index contributed by atoms with van der Waals surface area (Å²) in [6.45, 7) is 0.0646. The molecule has 0 saturated carbocycles. The molecule has 0 aliphatic rings. The fourth-order valence-corrected chi connectivity index (χ4v) is 1.53. The lowest BCUT2D eigenvalue weighted by Crippen LogP contribution is -2.26. The number of carbonyl (C=O) groups is 4. The molecule has 1 aromatic rings. The van der Waals surface area contributed by atoms with Crippen LogP contribution in [0, 0.1) is 0 Å². The Morgan fingerprint density at radius 3 is 2.48 bits per heavy atom. The molecule has 0 aliphatic carbocycles. The van der Waals surface area contributed by atoms with Gasteiger partial charge in [0.1, 0.15) is 12.9 Å². The quantitative estimate of drug-likeness (QED) is 0.378. The van der Waals surface area contributed by atoms with Crippen molar-refractivity contribution in [2.45, 2.75) is 19.4 Å². The highest BCUT2D eigenvalue weighted by molar-refractivity contribution is 5.93. The van der Waals surface area contributed by atoms with Crippen LogP contribution in [0.15, 0.2) is 24.3 Å². The third-order valence-corrected chi connectivity index (χ3v) is 2.63. The van der Waals surface area contributed by atoms with E-state index in [0.29, 0.717) is 24.9 Å². The number of nitrogens with one attached hydrogen (secondary N) is 2. The van der Waals surface area contributed by atoms with E-state index in [4.69, 9.17) is 9.47 Å². The van der Waals surface area contributed by atoms with Gasteiger partial charge in [-0.15, -0.1) is 0 Å². The minimum Gasteiger partial charge on any atom is -0.434 e. The molecule has 0 heterocycles. The summed E-state index contributed by atoms with van der Waals surface area (Å²) in [5, 5.41) is 4.84. The summed E-state index contributed by atoms with van der Waals surface area (Å²) in [6.07, 6.45) is 1.20. The Labute approximate surface area is 133 Å². The Hall–Kier alpha value is -2.90. The van der Waals surface area contributed by atoms with Gasteiger partial charge in [0.15, 0.2) is 0 Å². The van der Waals surface area contributed by atoms with Gasteiger partial charge in [-0.05, 0) is 24.1 Å². The smallest absolute Gasteiger partial charge is 0.434 e. The number of amides is 2. The first-order valence-electron chi connectivity index (χ1n) is 6.94. The molecule has 8 nitrogen and oxygen atoms in total. The Bertz CT molecular complexity index is 529. The summed E-state index contributed by atoms with van der Waals surface area (Å²) in [5.41, 5.74) is 1.28. The zero-order chi connectivity index (χ0) is 16.9. The van der Waals surface area contributed by atoms with Gasteiger partial charge in [0.2, 0.25) is 12.3 Å². The maximum Gasteiger partial charge on any atom is 0.508 e. The number of carbonyl (C=O) groups excluding carboxylic acids is 4. The van der Waals surface area contributed by atoms with E-state index in [1.165, 1.54) is 0 Å². The zero-order valence-electron chi connectivity index (χ0n) is 12.4. The highest BCUT2D eigenvalue weighted by Crippen LogP contribution is 2.10. The van der Waals surface area contributed by atoms with Crippen LogP contribution < -0.4 is 10.6 Å². The van der Waals surface area contributed by atoms with Crippen LogP contribution in [0.25, 0.3) is 0 Å². The van der Waals surface area contributed by atoms with Gasteiger partial charge in [0.05, 0.1) is 13.2 Å². The first-order chi connectivity index (χ1) is 11.2. The molecule has 23 heavy (non-hydrogen) atoms. The van der Waals surface area contributed by atoms with Gasteiger partial charge in [-0.25, -0.2) is 4.79 Å². The van der Waals surface area contributed by atoms with Gasteiger partial charge in [-0.2, -0.15) is 0 Å². The van der Waals surface area contributed by atoms with Crippen LogP contribution in [0.5, 0.6) is 0 Å². The molecule has 1 rings (SSSR count). The third kappa shape index (κ3) is 8.20. The monoisotopic (exact) mass is 322 g/mol. The van der Waals surface area contributed by atoms with Crippen molar-refractivity contribution in [3.05, 3.63) is 29.8 Å². The summed E-state index contributed by atoms with van der Waals surface area (Å²) in [7, 11) is 0. The highest BCUT2D eigenvalue weighted by atomic mass is 16.7. The van der Waals surface area contributed by atoms with E-state index >= 15 is 0 Å². The number of anilines is 1. The molecule has 124 valence electrons. The number of hydrogen-bond donors (Lipinski definition) is 2. The number of ether oxygens (including phenoxy) is 2. The lowest BCUT2D eigenvalue weighted by Gasteiger charge is -2.07. The molecular weight excluding hydrogens is 304 g/mol. The number of benzene rings is 1. The van der Waals surface area contributed by atoms with Crippen LogP contribution in [0.3, 0.4) is 0 Å². The molecule has 2 N–H and O–H groups in total. The van der Waals surface area contributed by atoms with E-state index in [1.54, 1.807) is 24.3 Å². The van der Waals surface area contributed by atoms with Crippen molar-refractivity contribution in [1.29, 1.82) is 0 Å². The van der Waals surface area contributed by atoms with E-state index < -0.39 is 6.16 Å². The van der Waals surface area contributed by atoms with Crippen LogP contribution in [0.4, 0.5) is 10.5 Å². The van der Waals surface area contributed by atoms with Gasteiger partial charge < -0.3 is 24.9 Å². The van der Waals surface area contributed by atoms with E-state index in [1.807, 2.05) is 0 Å². The Kier molecular flexibility index (Phi) is 8.50. The maximum absolute atomic E-state index is 11.4. The predicted molar refractivity (Wildman–Crippen MR) is 80.6 cm³/mol. The SMILES string of the molecule is O=CCCCOC(=O)OCc1ccc(NC(=O)CNC=O)cc1. The molecule has 0 bridgehead atoms. The highest BCUT2D eigenvalue weighted by Gasteiger charge is 2.05. The second kappa shape index (κ2) is 10.8. The Balaban J connectivity index is 2.30. The van der Waals surface area contributed by atoms with Crippen LogP contribution in [0.1, 0.15) is 18.4 Å². The summed E-state index contributed by atoms with van der Waals surface area (Å²) in [6, 6.07) is 6.66. The number of hydrogen-bond acceptors (Lipinski definition) is 6. The van der Waals surface area contributed by atoms with E-state index in [9.17, 15) is 19.2 Å². The van der Waals surface area contributed by atoms with Crippen molar-refractivity contribution in [3.8, 4) is 0 Å². The van der Waals surface area contributed by atoms with Crippen LogP contribution in [-0.4, -0.2) is 37.9 Å². The molecule has 8 heteroatoms.